The number of H-pyrrole nitrogens is 1. The normalized spacial score (nSPS) is 21.9. The Morgan fingerprint density at radius 2 is 2.07 bits per heavy atom. The summed E-state index contributed by atoms with van der Waals surface area (Å²) in [6, 6.07) is 0.679. The first-order chi connectivity index (χ1) is 13.3. The molecule has 1 aliphatic carbocycles. The Hall–Kier alpha value is -2.35. The van der Waals surface area contributed by atoms with Crippen molar-refractivity contribution < 1.29 is 4.79 Å². The quantitative estimate of drug-likeness (QED) is 0.835. The summed E-state index contributed by atoms with van der Waals surface area (Å²) in [5.41, 5.74) is 0.613. The van der Waals surface area contributed by atoms with Crippen LogP contribution in [0.25, 0.3) is 11.5 Å². The van der Waals surface area contributed by atoms with E-state index >= 15 is 0 Å². The molecule has 2 aromatic heterocycles. The smallest absolute Gasteiger partial charge is 0.224 e. The van der Waals surface area contributed by atoms with Crippen molar-refractivity contribution in [3.63, 3.8) is 0 Å². The fourth-order valence-electron chi connectivity index (χ4n) is 4.22. The average Bonchev–Trinajstić information content (AvgIpc) is 3.22. The van der Waals surface area contributed by atoms with Crippen molar-refractivity contribution in [3.05, 3.63) is 24.4 Å². The van der Waals surface area contributed by atoms with Crippen molar-refractivity contribution in [2.24, 2.45) is 5.92 Å². The van der Waals surface area contributed by atoms with E-state index in [-0.39, 0.29) is 11.8 Å². The topological polar surface area (TPSA) is 99.7 Å². The number of aromatic amines is 1. The summed E-state index contributed by atoms with van der Waals surface area (Å²) < 4.78 is 0. The molecule has 1 saturated carbocycles. The Bertz CT molecular complexity index is 742. The van der Waals surface area contributed by atoms with Crippen LogP contribution in [0.1, 0.15) is 50.8 Å². The van der Waals surface area contributed by atoms with Crippen LogP contribution in [0.4, 0.5) is 0 Å². The molecular formula is C19H27N7O. The summed E-state index contributed by atoms with van der Waals surface area (Å²) in [4.78, 5) is 27.8. The number of amides is 1. The number of nitrogens with one attached hydrogen (secondary N) is 2. The molecule has 3 heterocycles. The third-order valence-electron chi connectivity index (χ3n) is 5.67. The first kappa shape index (κ1) is 18.0. The number of aromatic nitrogens is 5. The highest BCUT2D eigenvalue weighted by atomic mass is 16.1. The van der Waals surface area contributed by atoms with Gasteiger partial charge in [0.2, 0.25) is 11.7 Å². The van der Waals surface area contributed by atoms with Crippen molar-refractivity contribution in [2.75, 3.05) is 13.1 Å². The second-order valence-electron chi connectivity index (χ2n) is 7.54. The first-order valence-electron chi connectivity index (χ1n) is 9.99. The lowest BCUT2D eigenvalue weighted by Gasteiger charge is -2.39. The second-order valence-corrected chi connectivity index (χ2v) is 7.54. The van der Waals surface area contributed by atoms with Crippen LogP contribution in [0.5, 0.6) is 0 Å². The fraction of sp³-hybridized carbons (Fsp3) is 0.632. The maximum atomic E-state index is 12.7. The van der Waals surface area contributed by atoms with E-state index in [0.29, 0.717) is 29.9 Å². The van der Waals surface area contributed by atoms with E-state index < -0.39 is 0 Å². The predicted octanol–water partition coefficient (Wildman–Crippen LogP) is 1.92. The third kappa shape index (κ3) is 4.50. The van der Waals surface area contributed by atoms with Crippen LogP contribution in [0.3, 0.4) is 0 Å². The molecule has 1 saturated heterocycles. The van der Waals surface area contributed by atoms with E-state index in [2.05, 4.69) is 35.4 Å². The first-order valence-corrected chi connectivity index (χ1v) is 9.99. The van der Waals surface area contributed by atoms with E-state index in [1.807, 2.05) is 0 Å². The SMILES string of the molecule is O=C(NCc1nc(-c2cnccn2)n[nH]1)[C@H]1CCCN(C2CCCCC2)C1. The van der Waals surface area contributed by atoms with Crippen LogP contribution in [0, 0.1) is 5.92 Å². The zero-order valence-electron chi connectivity index (χ0n) is 15.6. The number of rotatable bonds is 5. The van der Waals surface area contributed by atoms with Gasteiger partial charge in [0.25, 0.3) is 0 Å². The number of piperidine rings is 1. The van der Waals surface area contributed by atoms with Crippen molar-refractivity contribution in [3.8, 4) is 11.5 Å². The average molecular weight is 369 g/mol. The molecule has 0 unspecified atom stereocenters. The summed E-state index contributed by atoms with van der Waals surface area (Å²) in [6.07, 6.45) is 13.5. The van der Waals surface area contributed by atoms with Gasteiger partial charge in [0.15, 0.2) is 0 Å². The lowest BCUT2D eigenvalue weighted by Crippen LogP contribution is -2.47. The molecule has 144 valence electrons. The number of hydrogen-bond donors (Lipinski definition) is 2. The largest absolute Gasteiger partial charge is 0.349 e. The Balaban J connectivity index is 1.29. The highest BCUT2D eigenvalue weighted by molar-refractivity contribution is 5.78. The lowest BCUT2D eigenvalue weighted by molar-refractivity contribution is -0.127. The number of nitrogens with zero attached hydrogens (tertiary/aromatic N) is 5. The summed E-state index contributed by atoms with van der Waals surface area (Å²) in [6.45, 7) is 2.38. The molecule has 0 aromatic carbocycles. The Kier molecular flexibility index (Phi) is 5.72. The fourth-order valence-corrected chi connectivity index (χ4v) is 4.22. The Labute approximate surface area is 159 Å². The molecule has 2 aliphatic rings. The molecular weight excluding hydrogens is 342 g/mol. The van der Waals surface area contributed by atoms with E-state index in [1.54, 1.807) is 18.6 Å². The number of carbonyl (C=O) groups excluding carboxylic acids is 1. The second kappa shape index (κ2) is 8.56. The molecule has 8 heteroatoms. The zero-order valence-corrected chi connectivity index (χ0v) is 15.6. The molecule has 0 radical (unpaired) electrons. The van der Waals surface area contributed by atoms with Crippen LogP contribution in [-0.2, 0) is 11.3 Å². The summed E-state index contributed by atoms with van der Waals surface area (Å²) in [7, 11) is 0. The van der Waals surface area contributed by atoms with Gasteiger partial charge in [-0.2, -0.15) is 5.10 Å². The number of carbonyl (C=O) groups is 1. The maximum Gasteiger partial charge on any atom is 0.224 e. The Morgan fingerprint density at radius 3 is 2.89 bits per heavy atom. The minimum atomic E-state index is 0.0723. The molecule has 0 spiro atoms. The van der Waals surface area contributed by atoms with Gasteiger partial charge in [0, 0.05) is 25.0 Å². The van der Waals surface area contributed by atoms with Gasteiger partial charge in [0.1, 0.15) is 11.5 Å². The zero-order chi connectivity index (χ0) is 18.5. The van der Waals surface area contributed by atoms with Gasteiger partial charge >= 0.3 is 0 Å². The van der Waals surface area contributed by atoms with Gasteiger partial charge in [-0.1, -0.05) is 19.3 Å². The number of likely N-dealkylation sites (tertiary alicyclic amines) is 1. The minimum absolute atomic E-state index is 0.0723. The van der Waals surface area contributed by atoms with Crippen LogP contribution >= 0.6 is 0 Å². The summed E-state index contributed by atoms with van der Waals surface area (Å²) >= 11 is 0. The van der Waals surface area contributed by atoms with Crippen molar-refractivity contribution in [1.82, 2.24) is 35.4 Å². The molecule has 2 aromatic rings. The molecule has 0 bridgehead atoms. The van der Waals surface area contributed by atoms with Gasteiger partial charge in [-0.3, -0.25) is 19.8 Å². The molecule has 1 aliphatic heterocycles. The third-order valence-corrected chi connectivity index (χ3v) is 5.67. The van der Waals surface area contributed by atoms with E-state index in [0.717, 1.165) is 25.9 Å². The number of hydrogen-bond acceptors (Lipinski definition) is 6. The highest BCUT2D eigenvalue weighted by Crippen LogP contribution is 2.27. The van der Waals surface area contributed by atoms with E-state index in [4.69, 9.17) is 0 Å². The minimum Gasteiger partial charge on any atom is -0.349 e. The molecule has 2 N–H and O–H groups in total. The van der Waals surface area contributed by atoms with Crippen molar-refractivity contribution >= 4 is 5.91 Å². The molecule has 4 rings (SSSR count). The van der Waals surface area contributed by atoms with E-state index in [1.165, 1.54) is 32.1 Å². The Morgan fingerprint density at radius 1 is 1.19 bits per heavy atom. The predicted molar refractivity (Wildman–Crippen MR) is 100 cm³/mol. The van der Waals surface area contributed by atoms with Crippen LogP contribution in [0.15, 0.2) is 18.6 Å². The monoisotopic (exact) mass is 369 g/mol. The maximum absolute atomic E-state index is 12.7. The molecule has 27 heavy (non-hydrogen) atoms. The van der Waals surface area contributed by atoms with Gasteiger partial charge in [-0.15, -0.1) is 0 Å². The van der Waals surface area contributed by atoms with Crippen LogP contribution in [0.2, 0.25) is 0 Å². The molecule has 2 fully saturated rings. The van der Waals surface area contributed by atoms with Crippen LogP contribution < -0.4 is 5.32 Å². The molecule has 1 atom stereocenters. The van der Waals surface area contributed by atoms with Crippen LogP contribution in [-0.4, -0.2) is 55.1 Å². The lowest BCUT2D eigenvalue weighted by atomic mass is 9.90. The van der Waals surface area contributed by atoms with Crippen molar-refractivity contribution in [2.45, 2.75) is 57.5 Å². The summed E-state index contributed by atoms with van der Waals surface area (Å²) in [5, 5.41) is 10.0. The van der Waals surface area contributed by atoms with Gasteiger partial charge < -0.3 is 5.32 Å². The molecule has 1 amide bonds. The van der Waals surface area contributed by atoms with Crippen molar-refractivity contribution in [1.29, 1.82) is 0 Å². The van der Waals surface area contributed by atoms with Gasteiger partial charge in [-0.25, -0.2) is 9.97 Å². The highest BCUT2D eigenvalue weighted by Gasteiger charge is 2.30. The molecule has 8 nitrogen and oxygen atoms in total. The summed E-state index contributed by atoms with van der Waals surface area (Å²) in [5.74, 6) is 1.31. The van der Waals surface area contributed by atoms with Gasteiger partial charge in [-0.05, 0) is 32.2 Å². The van der Waals surface area contributed by atoms with E-state index in [9.17, 15) is 4.79 Å². The standard InChI is InChI=1S/C19H27N7O/c27-19(14-5-4-10-26(13-14)15-6-2-1-3-7-15)22-12-17-23-18(25-24-17)16-11-20-8-9-21-16/h8-9,11,14-15H,1-7,10,12-13H2,(H,22,27)(H,23,24,25)/t14-/m0/s1. The van der Waals surface area contributed by atoms with Gasteiger partial charge in [0.05, 0.1) is 18.7 Å².